The van der Waals surface area contributed by atoms with Gasteiger partial charge in [-0.1, -0.05) is 0 Å². The molecule has 72 valence electrons. The SMILES string of the molecule is CC1OCCC1N(C)C[C@H](C)O. The molecule has 1 fully saturated rings. The van der Waals surface area contributed by atoms with Crippen LogP contribution in [0.1, 0.15) is 20.3 Å². The summed E-state index contributed by atoms with van der Waals surface area (Å²) < 4.78 is 5.44. The molecule has 3 nitrogen and oxygen atoms in total. The lowest BCUT2D eigenvalue weighted by Gasteiger charge is -2.27. The van der Waals surface area contributed by atoms with Crippen molar-refractivity contribution in [3.63, 3.8) is 0 Å². The van der Waals surface area contributed by atoms with Gasteiger partial charge in [0.2, 0.25) is 0 Å². The number of aliphatic hydroxyl groups is 1. The molecule has 0 aliphatic carbocycles. The Morgan fingerprint density at radius 1 is 1.67 bits per heavy atom. The summed E-state index contributed by atoms with van der Waals surface area (Å²) in [7, 11) is 2.04. The summed E-state index contributed by atoms with van der Waals surface area (Å²) in [6, 6.07) is 0.486. The molecule has 3 heteroatoms. The van der Waals surface area contributed by atoms with Crippen molar-refractivity contribution in [1.29, 1.82) is 0 Å². The monoisotopic (exact) mass is 173 g/mol. The van der Waals surface area contributed by atoms with Gasteiger partial charge >= 0.3 is 0 Å². The number of hydrogen-bond acceptors (Lipinski definition) is 3. The topological polar surface area (TPSA) is 32.7 Å². The number of likely N-dealkylation sites (N-methyl/N-ethyl adjacent to an activating group) is 1. The first kappa shape index (κ1) is 9.96. The predicted molar refractivity (Wildman–Crippen MR) is 48.1 cm³/mol. The summed E-state index contributed by atoms with van der Waals surface area (Å²) >= 11 is 0. The second-order valence-electron chi connectivity index (χ2n) is 3.72. The fourth-order valence-corrected chi connectivity index (χ4v) is 1.85. The minimum absolute atomic E-state index is 0.247. The van der Waals surface area contributed by atoms with E-state index in [4.69, 9.17) is 4.74 Å². The smallest absolute Gasteiger partial charge is 0.0702 e. The maximum absolute atomic E-state index is 9.19. The highest BCUT2D eigenvalue weighted by molar-refractivity contribution is 4.80. The lowest BCUT2D eigenvalue weighted by Crippen LogP contribution is -2.40. The van der Waals surface area contributed by atoms with Gasteiger partial charge in [-0.15, -0.1) is 0 Å². The van der Waals surface area contributed by atoms with Crippen LogP contribution in [-0.4, -0.2) is 48.5 Å². The molecule has 1 aliphatic rings. The van der Waals surface area contributed by atoms with E-state index in [9.17, 15) is 5.11 Å². The maximum Gasteiger partial charge on any atom is 0.0702 e. The predicted octanol–water partition coefficient (Wildman–Crippen LogP) is 0.476. The molecule has 3 atom stereocenters. The highest BCUT2D eigenvalue weighted by atomic mass is 16.5. The lowest BCUT2D eigenvalue weighted by atomic mass is 10.1. The normalized spacial score (nSPS) is 32.8. The Hall–Kier alpha value is -0.120. The van der Waals surface area contributed by atoms with E-state index in [0.717, 1.165) is 19.6 Å². The molecule has 0 amide bonds. The van der Waals surface area contributed by atoms with E-state index in [1.54, 1.807) is 0 Å². The van der Waals surface area contributed by atoms with Crippen molar-refractivity contribution in [3.05, 3.63) is 0 Å². The fraction of sp³-hybridized carbons (Fsp3) is 1.00. The minimum Gasteiger partial charge on any atom is -0.392 e. The number of ether oxygens (including phenoxy) is 1. The molecular weight excluding hydrogens is 154 g/mol. The van der Waals surface area contributed by atoms with Crippen LogP contribution < -0.4 is 0 Å². The maximum atomic E-state index is 9.19. The highest BCUT2D eigenvalue weighted by Gasteiger charge is 2.27. The Labute approximate surface area is 74.3 Å². The molecule has 12 heavy (non-hydrogen) atoms. The van der Waals surface area contributed by atoms with Crippen molar-refractivity contribution < 1.29 is 9.84 Å². The van der Waals surface area contributed by atoms with Crippen molar-refractivity contribution >= 4 is 0 Å². The van der Waals surface area contributed by atoms with Gasteiger partial charge < -0.3 is 9.84 Å². The van der Waals surface area contributed by atoms with Crippen LogP contribution in [0, 0.1) is 0 Å². The number of nitrogens with zero attached hydrogens (tertiary/aromatic N) is 1. The molecule has 0 aromatic carbocycles. The van der Waals surface area contributed by atoms with Crippen LogP contribution in [0.25, 0.3) is 0 Å². The first-order valence-electron chi connectivity index (χ1n) is 4.61. The van der Waals surface area contributed by atoms with E-state index < -0.39 is 0 Å². The molecule has 1 N–H and O–H groups in total. The van der Waals surface area contributed by atoms with E-state index in [2.05, 4.69) is 11.8 Å². The van der Waals surface area contributed by atoms with Gasteiger partial charge in [0.05, 0.1) is 12.2 Å². The van der Waals surface area contributed by atoms with Gasteiger partial charge in [-0.3, -0.25) is 4.90 Å². The van der Waals surface area contributed by atoms with Gasteiger partial charge in [0.15, 0.2) is 0 Å². The van der Waals surface area contributed by atoms with Gasteiger partial charge in [-0.25, -0.2) is 0 Å². The zero-order chi connectivity index (χ0) is 9.14. The second kappa shape index (κ2) is 4.21. The fourth-order valence-electron chi connectivity index (χ4n) is 1.85. The number of hydrogen-bond donors (Lipinski definition) is 1. The molecule has 0 aromatic heterocycles. The van der Waals surface area contributed by atoms with E-state index in [1.165, 1.54) is 0 Å². The van der Waals surface area contributed by atoms with Gasteiger partial charge in [-0.05, 0) is 27.3 Å². The van der Waals surface area contributed by atoms with Crippen molar-refractivity contribution in [1.82, 2.24) is 4.90 Å². The third kappa shape index (κ3) is 2.44. The summed E-state index contributed by atoms with van der Waals surface area (Å²) in [5.41, 5.74) is 0. The van der Waals surface area contributed by atoms with Crippen LogP contribution in [0.4, 0.5) is 0 Å². The van der Waals surface area contributed by atoms with Crippen LogP contribution >= 0.6 is 0 Å². The third-order valence-corrected chi connectivity index (χ3v) is 2.45. The summed E-state index contributed by atoms with van der Waals surface area (Å²) in [4.78, 5) is 2.18. The van der Waals surface area contributed by atoms with Gasteiger partial charge in [-0.2, -0.15) is 0 Å². The molecule has 0 saturated carbocycles. The minimum atomic E-state index is -0.247. The van der Waals surface area contributed by atoms with Crippen molar-refractivity contribution in [2.24, 2.45) is 0 Å². The highest BCUT2D eigenvalue weighted by Crippen LogP contribution is 2.17. The average Bonchev–Trinajstić information content (AvgIpc) is 2.33. The van der Waals surface area contributed by atoms with Gasteiger partial charge in [0.25, 0.3) is 0 Å². The molecule has 0 aromatic rings. The van der Waals surface area contributed by atoms with E-state index in [-0.39, 0.29) is 6.10 Å². The Morgan fingerprint density at radius 3 is 2.75 bits per heavy atom. The third-order valence-electron chi connectivity index (χ3n) is 2.45. The molecule has 0 radical (unpaired) electrons. The first-order valence-corrected chi connectivity index (χ1v) is 4.61. The van der Waals surface area contributed by atoms with Crippen molar-refractivity contribution in [2.75, 3.05) is 20.2 Å². The summed E-state index contributed by atoms with van der Waals surface area (Å²) in [6.07, 6.45) is 1.15. The molecule has 0 bridgehead atoms. The molecule has 1 heterocycles. The Morgan fingerprint density at radius 2 is 2.33 bits per heavy atom. The lowest BCUT2D eigenvalue weighted by molar-refractivity contribution is 0.0628. The molecule has 1 rings (SSSR count). The van der Waals surface area contributed by atoms with Crippen LogP contribution in [0.2, 0.25) is 0 Å². The Balaban J connectivity index is 2.35. The van der Waals surface area contributed by atoms with E-state index in [1.807, 2.05) is 14.0 Å². The molecule has 0 spiro atoms. The quantitative estimate of drug-likeness (QED) is 0.673. The van der Waals surface area contributed by atoms with E-state index >= 15 is 0 Å². The summed E-state index contributed by atoms with van der Waals surface area (Å²) in [6.45, 7) is 5.50. The van der Waals surface area contributed by atoms with Gasteiger partial charge in [0.1, 0.15) is 0 Å². The zero-order valence-corrected chi connectivity index (χ0v) is 8.16. The largest absolute Gasteiger partial charge is 0.392 e. The van der Waals surface area contributed by atoms with Crippen molar-refractivity contribution in [3.8, 4) is 0 Å². The summed E-state index contributed by atoms with van der Waals surface area (Å²) in [5.74, 6) is 0. The van der Waals surface area contributed by atoms with Crippen LogP contribution in [0.15, 0.2) is 0 Å². The first-order chi connectivity index (χ1) is 5.61. The Bertz CT molecular complexity index is 138. The average molecular weight is 173 g/mol. The molecule has 2 unspecified atom stereocenters. The van der Waals surface area contributed by atoms with Gasteiger partial charge in [0, 0.05) is 19.2 Å². The zero-order valence-electron chi connectivity index (χ0n) is 8.16. The van der Waals surface area contributed by atoms with Crippen LogP contribution in [0.5, 0.6) is 0 Å². The van der Waals surface area contributed by atoms with E-state index in [0.29, 0.717) is 12.1 Å². The second-order valence-corrected chi connectivity index (χ2v) is 3.72. The number of rotatable bonds is 3. The standard InChI is InChI=1S/C9H19NO2/c1-7(11)6-10(3)9-4-5-12-8(9)2/h7-9,11H,4-6H2,1-3H3/t7-,8?,9?/m0/s1. The van der Waals surface area contributed by atoms with Crippen molar-refractivity contribution in [2.45, 2.75) is 38.5 Å². The summed E-state index contributed by atoms with van der Waals surface area (Å²) in [5, 5.41) is 9.19. The molecular formula is C9H19NO2. The van der Waals surface area contributed by atoms with Crippen LogP contribution in [0.3, 0.4) is 0 Å². The molecule has 1 aliphatic heterocycles. The molecule has 1 saturated heterocycles. The Kier molecular flexibility index (Phi) is 3.50. The van der Waals surface area contributed by atoms with Crippen LogP contribution in [-0.2, 0) is 4.74 Å². The number of aliphatic hydroxyl groups excluding tert-OH is 1.